The quantitative estimate of drug-likeness (QED) is 0.498. The maximum absolute atomic E-state index is 13.4. The lowest BCUT2D eigenvalue weighted by molar-refractivity contribution is -0.146. The molecule has 0 fully saturated rings. The highest BCUT2D eigenvalue weighted by atomic mass is 32.1. The van der Waals surface area contributed by atoms with Crippen molar-refractivity contribution in [1.29, 1.82) is 0 Å². The van der Waals surface area contributed by atoms with E-state index in [-0.39, 0.29) is 24.2 Å². The second kappa shape index (κ2) is 11.4. The Hall–Kier alpha value is -2.25. The first-order chi connectivity index (χ1) is 14.6. The molecule has 0 saturated heterocycles. The van der Waals surface area contributed by atoms with Gasteiger partial charge in [-0.05, 0) is 48.1 Å². The van der Waals surface area contributed by atoms with Crippen LogP contribution in [0.2, 0.25) is 0 Å². The summed E-state index contributed by atoms with van der Waals surface area (Å²) in [5.41, 5.74) is 1.39. The number of nitrogens with zero attached hydrogens (tertiary/aromatic N) is 2. The molecule has 2 aromatic rings. The predicted octanol–water partition coefficient (Wildman–Crippen LogP) is 4.64. The second-order valence-corrected chi connectivity index (χ2v) is 9.73. The van der Waals surface area contributed by atoms with E-state index in [1.807, 2.05) is 39.1 Å². The third-order valence-corrected chi connectivity index (χ3v) is 5.98. The fraction of sp³-hybridized carbons (Fsp3) is 0.500. The molecule has 2 amide bonds. The number of hydrogen-bond acceptors (Lipinski definition) is 4. The molecule has 1 heterocycles. The van der Waals surface area contributed by atoms with Crippen molar-refractivity contribution < 1.29 is 18.7 Å². The minimum atomic E-state index is -0.584. The third kappa shape index (κ3) is 7.74. The summed E-state index contributed by atoms with van der Waals surface area (Å²) in [6, 6.07) is 8.20. The first-order valence-corrected chi connectivity index (χ1v) is 11.3. The Morgan fingerprint density at radius 1 is 1.06 bits per heavy atom. The molecule has 0 spiro atoms. The van der Waals surface area contributed by atoms with Crippen molar-refractivity contribution in [1.82, 2.24) is 9.80 Å². The molecule has 2 rings (SSSR count). The fourth-order valence-corrected chi connectivity index (χ4v) is 4.09. The number of methoxy groups -OCH3 is 1. The predicted molar refractivity (Wildman–Crippen MR) is 122 cm³/mol. The summed E-state index contributed by atoms with van der Waals surface area (Å²) in [5.74, 6) is -0.506. The number of amides is 2. The summed E-state index contributed by atoms with van der Waals surface area (Å²) >= 11 is 1.60. The number of thiophene rings is 1. The summed E-state index contributed by atoms with van der Waals surface area (Å²) in [6.07, 6.45) is 0.660. The van der Waals surface area contributed by atoms with Gasteiger partial charge in [-0.2, -0.15) is 0 Å². The monoisotopic (exact) mass is 448 g/mol. The van der Waals surface area contributed by atoms with Gasteiger partial charge in [0.2, 0.25) is 11.8 Å². The van der Waals surface area contributed by atoms with Gasteiger partial charge < -0.3 is 14.5 Å². The van der Waals surface area contributed by atoms with Crippen molar-refractivity contribution in [3.8, 4) is 0 Å². The van der Waals surface area contributed by atoms with E-state index in [0.29, 0.717) is 32.7 Å². The van der Waals surface area contributed by atoms with Crippen molar-refractivity contribution >= 4 is 23.2 Å². The van der Waals surface area contributed by atoms with E-state index in [0.717, 1.165) is 16.0 Å². The maximum Gasteiger partial charge on any atom is 0.242 e. The van der Waals surface area contributed by atoms with Crippen LogP contribution in [0.15, 0.2) is 35.7 Å². The Labute approximate surface area is 188 Å². The number of benzene rings is 1. The van der Waals surface area contributed by atoms with Gasteiger partial charge in [0.25, 0.3) is 0 Å². The lowest BCUT2D eigenvalue weighted by Crippen LogP contribution is -2.46. The molecule has 0 N–H and O–H groups in total. The van der Waals surface area contributed by atoms with E-state index >= 15 is 0 Å². The van der Waals surface area contributed by atoms with Gasteiger partial charge in [0.1, 0.15) is 5.82 Å². The Morgan fingerprint density at radius 2 is 1.74 bits per heavy atom. The van der Waals surface area contributed by atoms with Crippen LogP contribution in [0.1, 0.15) is 43.2 Å². The number of aryl methyl sites for hydroxylation is 1. The van der Waals surface area contributed by atoms with Crippen molar-refractivity contribution in [2.24, 2.45) is 5.41 Å². The maximum atomic E-state index is 13.4. The molecule has 0 aliphatic heterocycles. The summed E-state index contributed by atoms with van der Waals surface area (Å²) < 4.78 is 18.4. The Balaban J connectivity index is 2.22. The first-order valence-electron chi connectivity index (χ1n) is 10.5. The Bertz CT molecular complexity index is 858. The standard InChI is InChI=1S/C24H33FN2O3S/c1-18-11-14-31-21(18)16-27(15-19-7-9-20(25)10-8-19)22(28)17-26(12-6-13-30-5)23(29)24(2,3)4/h7-11,14H,6,12-13,15-17H2,1-5H3. The zero-order valence-corrected chi connectivity index (χ0v) is 19.9. The summed E-state index contributed by atoms with van der Waals surface area (Å²) in [4.78, 5) is 30.8. The van der Waals surface area contributed by atoms with Crippen LogP contribution in [0.3, 0.4) is 0 Å². The number of ether oxygens (including phenoxy) is 1. The smallest absolute Gasteiger partial charge is 0.242 e. The highest BCUT2D eigenvalue weighted by molar-refractivity contribution is 7.10. The van der Waals surface area contributed by atoms with Crippen LogP contribution in [0.5, 0.6) is 0 Å². The molecule has 0 aliphatic carbocycles. The van der Waals surface area contributed by atoms with Crippen LogP contribution in [0.4, 0.5) is 4.39 Å². The molecular formula is C24H33FN2O3S. The molecule has 0 bridgehead atoms. The minimum Gasteiger partial charge on any atom is -0.385 e. The van der Waals surface area contributed by atoms with E-state index in [9.17, 15) is 14.0 Å². The van der Waals surface area contributed by atoms with Gasteiger partial charge in [-0.25, -0.2) is 4.39 Å². The van der Waals surface area contributed by atoms with Crippen LogP contribution in [0, 0.1) is 18.2 Å². The molecule has 1 aromatic carbocycles. The molecule has 0 unspecified atom stereocenters. The van der Waals surface area contributed by atoms with Gasteiger partial charge in [0.05, 0.1) is 13.1 Å². The van der Waals surface area contributed by atoms with E-state index < -0.39 is 5.41 Å². The summed E-state index contributed by atoms with van der Waals surface area (Å²) in [5, 5.41) is 2.01. The van der Waals surface area contributed by atoms with Crippen molar-refractivity contribution in [3.05, 3.63) is 57.5 Å². The molecule has 1 aromatic heterocycles. The number of halogens is 1. The highest BCUT2D eigenvalue weighted by Gasteiger charge is 2.29. The molecule has 0 atom stereocenters. The minimum absolute atomic E-state index is 0.00539. The molecule has 7 heteroatoms. The average Bonchev–Trinajstić information content (AvgIpc) is 3.11. The number of carbonyl (C=O) groups is 2. The molecule has 0 radical (unpaired) electrons. The van der Waals surface area contributed by atoms with Crippen LogP contribution in [-0.2, 0) is 27.4 Å². The zero-order valence-electron chi connectivity index (χ0n) is 19.1. The second-order valence-electron chi connectivity index (χ2n) is 8.73. The lowest BCUT2D eigenvalue weighted by Gasteiger charge is -2.31. The normalized spacial score (nSPS) is 11.4. The molecule has 170 valence electrons. The van der Waals surface area contributed by atoms with Gasteiger partial charge in [-0.3, -0.25) is 9.59 Å². The van der Waals surface area contributed by atoms with Crippen LogP contribution in [0.25, 0.3) is 0 Å². The molecule has 0 saturated carbocycles. The van der Waals surface area contributed by atoms with Crippen molar-refractivity contribution in [3.63, 3.8) is 0 Å². The fourth-order valence-electron chi connectivity index (χ4n) is 3.17. The van der Waals surface area contributed by atoms with E-state index in [4.69, 9.17) is 4.74 Å². The molecule has 31 heavy (non-hydrogen) atoms. The van der Waals surface area contributed by atoms with Crippen LogP contribution >= 0.6 is 11.3 Å². The van der Waals surface area contributed by atoms with Gasteiger partial charge in [-0.15, -0.1) is 11.3 Å². The van der Waals surface area contributed by atoms with Crippen molar-refractivity contribution in [2.75, 3.05) is 26.8 Å². The van der Waals surface area contributed by atoms with Gasteiger partial charge >= 0.3 is 0 Å². The van der Waals surface area contributed by atoms with Crippen LogP contribution in [-0.4, -0.2) is 48.4 Å². The largest absolute Gasteiger partial charge is 0.385 e. The number of carbonyl (C=O) groups excluding carboxylic acids is 2. The van der Waals surface area contributed by atoms with Gasteiger partial charge in [-0.1, -0.05) is 32.9 Å². The number of rotatable bonds is 10. The topological polar surface area (TPSA) is 49.9 Å². The summed E-state index contributed by atoms with van der Waals surface area (Å²) in [6.45, 7) is 9.38. The Kier molecular flexibility index (Phi) is 9.19. The van der Waals surface area contributed by atoms with Gasteiger partial charge in [0, 0.05) is 37.1 Å². The van der Waals surface area contributed by atoms with Crippen LogP contribution < -0.4 is 0 Å². The number of hydrogen-bond donors (Lipinski definition) is 0. The van der Waals surface area contributed by atoms with E-state index in [2.05, 4.69) is 0 Å². The average molecular weight is 449 g/mol. The van der Waals surface area contributed by atoms with E-state index in [1.54, 1.807) is 40.4 Å². The molecule has 0 aliphatic rings. The molecule has 5 nitrogen and oxygen atoms in total. The molecular weight excluding hydrogens is 415 g/mol. The zero-order chi connectivity index (χ0) is 23.0. The third-order valence-electron chi connectivity index (χ3n) is 4.97. The van der Waals surface area contributed by atoms with Crippen molar-refractivity contribution in [2.45, 2.75) is 47.2 Å². The van der Waals surface area contributed by atoms with Gasteiger partial charge in [0.15, 0.2) is 0 Å². The lowest BCUT2D eigenvalue weighted by atomic mass is 9.94. The first kappa shape index (κ1) is 25.0. The SMILES string of the molecule is COCCCN(CC(=O)N(Cc1ccc(F)cc1)Cc1sccc1C)C(=O)C(C)(C)C. The van der Waals surface area contributed by atoms with E-state index in [1.165, 1.54) is 12.1 Å². The summed E-state index contributed by atoms with van der Waals surface area (Å²) in [7, 11) is 1.62. The highest BCUT2D eigenvalue weighted by Crippen LogP contribution is 2.21. The Morgan fingerprint density at radius 3 is 2.29 bits per heavy atom.